The first-order valence-corrected chi connectivity index (χ1v) is 12.8. The number of benzene rings is 3. The number of carbonyl (C=O) groups is 1. The zero-order valence-electron chi connectivity index (χ0n) is 21.4. The van der Waals surface area contributed by atoms with E-state index in [1.54, 1.807) is 0 Å². The van der Waals surface area contributed by atoms with Gasteiger partial charge in [0.05, 0.1) is 39.1 Å². The molecule has 3 aromatic carbocycles. The van der Waals surface area contributed by atoms with E-state index in [4.69, 9.17) is 18.9 Å². The smallest absolute Gasteiger partial charge is 0.374 e. The van der Waals surface area contributed by atoms with Gasteiger partial charge in [0.2, 0.25) is 0 Å². The van der Waals surface area contributed by atoms with E-state index in [1.807, 2.05) is 96.3 Å². The van der Waals surface area contributed by atoms with Crippen LogP contribution in [0, 0.1) is 5.92 Å². The maximum absolute atomic E-state index is 12.9. The van der Waals surface area contributed by atoms with Crippen LogP contribution in [0.25, 0.3) is 0 Å². The van der Waals surface area contributed by atoms with Crippen LogP contribution in [0.3, 0.4) is 0 Å². The molecule has 0 unspecified atom stereocenters. The van der Waals surface area contributed by atoms with Gasteiger partial charge in [0.15, 0.2) is 0 Å². The van der Waals surface area contributed by atoms with Crippen molar-refractivity contribution in [2.75, 3.05) is 19.8 Å². The summed E-state index contributed by atoms with van der Waals surface area (Å²) in [5.41, 5.74) is 2.83. The second-order valence-corrected chi connectivity index (χ2v) is 9.36. The molecule has 1 heterocycles. The number of nitrogens with one attached hydrogen (secondary N) is 1. The second kappa shape index (κ2) is 14.2. The minimum atomic E-state index is -4.98. The van der Waals surface area contributed by atoms with Crippen LogP contribution >= 0.6 is 0 Å². The van der Waals surface area contributed by atoms with Crippen LogP contribution in [0.15, 0.2) is 91.0 Å². The third kappa shape index (κ3) is 8.90. The summed E-state index contributed by atoms with van der Waals surface area (Å²) in [5.74, 6) is -2.58. The summed E-state index contributed by atoms with van der Waals surface area (Å²) < 4.78 is 63.3. The third-order valence-electron chi connectivity index (χ3n) is 6.43. The Morgan fingerprint density at radius 1 is 0.769 bits per heavy atom. The van der Waals surface area contributed by atoms with Gasteiger partial charge in [0.1, 0.15) is 12.2 Å². The van der Waals surface area contributed by atoms with Gasteiger partial charge in [-0.05, 0) is 16.7 Å². The van der Waals surface area contributed by atoms with Gasteiger partial charge in [0.25, 0.3) is 0 Å². The van der Waals surface area contributed by atoms with E-state index in [0.29, 0.717) is 6.61 Å². The second-order valence-electron chi connectivity index (χ2n) is 9.36. The molecule has 1 N–H and O–H groups in total. The van der Waals surface area contributed by atoms with Crippen molar-refractivity contribution >= 4 is 5.91 Å². The van der Waals surface area contributed by atoms with Crippen molar-refractivity contribution < 1.29 is 36.9 Å². The van der Waals surface area contributed by atoms with E-state index < -0.39 is 36.3 Å². The Morgan fingerprint density at radius 2 is 1.26 bits per heavy atom. The zero-order chi connectivity index (χ0) is 27.5. The van der Waals surface area contributed by atoms with Crippen LogP contribution in [0.4, 0.5) is 13.2 Å². The Kier molecular flexibility index (Phi) is 10.5. The van der Waals surface area contributed by atoms with Crippen LogP contribution in [0.5, 0.6) is 0 Å². The molecule has 1 aliphatic rings. The van der Waals surface area contributed by atoms with Crippen molar-refractivity contribution in [1.82, 2.24) is 5.32 Å². The van der Waals surface area contributed by atoms with E-state index in [-0.39, 0.29) is 33.0 Å². The molecule has 4 rings (SSSR count). The molecule has 6 nitrogen and oxygen atoms in total. The average Bonchev–Trinajstić information content (AvgIpc) is 2.95. The molecule has 1 saturated heterocycles. The Balaban J connectivity index is 1.51. The highest BCUT2D eigenvalue weighted by atomic mass is 19.4. The number of ether oxygens (including phenoxy) is 4. The first-order chi connectivity index (χ1) is 18.9. The molecule has 208 valence electrons. The van der Waals surface area contributed by atoms with Crippen LogP contribution in [0.2, 0.25) is 0 Å². The SMILES string of the molecule is O=C(NC[C@@H]1CO[C@H](COCc2ccccc2)[C@H](OCc2ccccc2)[C@@H]1OCc1ccccc1)C(F)(F)F. The van der Waals surface area contributed by atoms with Crippen LogP contribution in [-0.4, -0.2) is 50.2 Å². The minimum absolute atomic E-state index is 0.0716. The molecule has 0 aromatic heterocycles. The maximum atomic E-state index is 12.9. The van der Waals surface area contributed by atoms with Crippen LogP contribution < -0.4 is 5.32 Å². The third-order valence-corrected chi connectivity index (χ3v) is 6.43. The molecule has 1 aliphatic heterocycles. The molecular formula is C30H32F3NO5. The first-order valence-electron chi connectivity index (χ1n) is 12.8. The molecule has 1 amide bonds. The summed E-state index contributed by atoms with van der Waals surface area (Å²) >= 11 is 0. The van der Waals surface area contributed by atoms with E-state index >= 15 is 0 Å². The van der Waals surface area contributed by atoms with Crippen molar-refractivity contribution in [1.29, 1.82) is 0 Å². The fraction of sp³-hybridized carbons (Fsp3) is 0.367. The normalized spacial score (nSPS) is 21.4. The Hall–Kier alpha value is -3.24. The van der Waals surface area contributed by atoms with Crippen molar-refractivity contribution in [2.24, 2.45) is 5.92 Å². The zero-order valence-corrected chi connectivity index (χ0v) is 21.4. The fourth-order valence-corrected chi connectivity index (χ4v) is 4.39. The highest BCUT2D eigenvalue weighted by molar-refractivity contribution is 5.81. The van der Waals surface area contributed by atoms with Gasteiger partial charge in [-0.3, -0.25) is 4.79 Å². The topological polar surface area (TPSA) is 66.0 Å². The van der Waals surface area contributed by atoms with E-state index in [1.165, 1.54) is 0 Å². The van der Waals surface area contributed by atoms with E-state index in [2.05, 4.69) is 0 Å². The number of halogens is 3. The van der Waals surface area contributed by atoms with Crippen LogP contribution in [-0.2, 0) is 43.6 Å². The average molecular weight is 544 g/mol. The Morgan fingerprint density at radius 3 is 1.77 bits per heavy atom. The summed E-state index contributed by atoms with van der Waals surface area (Å²) in [7, 11) is 0. The van der Waals surface area contributed by atoms with E-state index in [0.717, 1.165) is 16.7 Å². The van der Waals surface area contributed by atoms with Crippen molar-refractivity contribution in [2.45, 2.75) is 44.3 Å². The molecule has 0 aliphatic carbocycles. The lowest BCUT2D eigenvalue weighted by Crippen LogP contribution is -2.57. The molecule has 1 fully saturated rings. The van der Waals surface area contributed by atoms with Crippen molar-refractivity contribution in [3.63, 3.8) is 0 Å². The van der Waals surface area contributed by atoms with Crippen molar-refractivity contribution in [3.05, 3.63) is 108 Å². The van der Waals surface area contributed by atoms with Gasteiger partial charge in [0, 0.05) is 12.5 Å². The van der Waals surface area contributed by atoms with Gasteiger partial charge in [-0.15, -0.1) is 0 Å². The van der Waals surface area contributed by atoms with Gasteiger partial charge < -0.3 is 24.3 Å². The summed E-state index contributed by atoms with van der Waals surface area (Å²) in [5, 5.41) is 1.98. The number of alkyl halides is 3. The fourth-order valence-electron chi connectivity index (χ4n) is 4.39. The predicted octanol–water partition coefficient (Wildman–Crippen LogP) is 5.07. The number of amides is 1. The lowest BCUT2D eigenvalue weighted by molar-refractivity contribution is -0.219. The molecule has 0 saturated carbocycles. The van der Waals surface area contributed by atoms with Crippen molar-refractivity contribution in [3.8, 4) is 0 Å². The molecular weight excluding hydrogens is 511 g/mol. The summed E-state index contributed by atoms with van der Waals surface area (Å²) in [6, 6.07) is 28.7. The predicted molar refractivity (Wildman–Crippen MR) is 138 cm³/mol. The molecule has 3 aromatic rings. The van der Waals surface area contributed by atoms with Gasteiger partial charge in [-0.1, -0.05) is 91.0 Å². The number of rotatable bonds is 12. The van der Waals surface area contributed by atoms with Gasteiger partial charge in [-0.2, -0.15) is 13.2 Å². The minimum Gasteiger partial charge on any atom is -0.374 e. The maximum Gasteiger partial charge on any atom is 0.471 e. The standard InChI is InChI=1S/C30H32F3NO5/c31-30(32,33)29(35)34-16-25-20-37-26(21-36-17-22-10-4-1-5-11-22)28(39-19-24-14-8-3-9-15-24)27(25)38-18-23-12-6-2-7-13-23/h1-15,25-28H,16-21H2,(H,34,35)/t25-,26-,27-,28+/m1/s1. The Labute approximate surface area is 226 Å². The monoisotopic (exact) mass is 543 g/mol. The highest BCUT2D eigenvalue weighted by Crippen LogP contribution is 2.28. The first kappa shape index (κ1) is 28.8. The number of carbonyl (C=O) groups excluding carboxylic acids is 1. The lowest BCUT2D eigenvalue weighted by Gasteiger charge is -2.42. The molecule has 0 bridgehead atoms. The summed E-state index contributed by atoms with van der Waals surface area (Å²) in [6.45, 7) is 0.825. The van der Waals surface area contributed by atoms with Crippen LogP contribution in [0.1, 0.15) is 16.7 Å². The summed E-state index contributed by atoms with van der Waals surface area (Å²) in [4.78, 5) is 11.6. The molecule has 39 heavy (non-hydrogen) atoms. The molecule has 9 heteroatoms. The number of hydrogen-bond acceptors (Lipinski definition) is 5. The molecule has 0 radical (unpaired) electrons. The molecule has 4 atom stereocenters. The Bertz CT molecular complexity index is 1130. The lowest BCUT2D eigenvalue weighted by atomic mass is 9.91. The van der Waals surface area contributed by atoms with Gasteiger partial charge >= 0.3 is 12.1 Å². The van der Waals surface area contributed by atoms with E-state index in [9.17, 15) is 18.0 Å². The number of hydrogen-bond donors (Lipinski definition) is 1. The highest BCUT2D eigenvalue weighted by Gasteiger charge is 2.44. The van der Waals surface area contributed by atoms with Gasteiger partial charge in [-0.25, -0.2) is 0 Å². The summed E-state index contributed by atoms with van der Waals surface area (Å²) in [6.07, 6.45) is -6.84. The quantitative estimate of drug-likeness (QED) is 0.346. The largest absolute Gasteiger partial charge is 0.471 e. The molecule has 0 spiro atoms.